The first-order chi connectivity index (χ1) is 12.9. The molecule has 0 saturated carbocycles. The third-order valence-corrected chi connectivity index (χ3v) is 4.26. The van der Waals surface area contributed by atoms with Gasteiger partial charge in [0.15, 0.2) is 5.78 Å². The molecule has 0 aliphatic carbocycles. The average molecular weight is 361 g/mol. The highest BCUT2D eigenvalue weighted by molar-refractivity contribution is 6.16. The van der Waals surface area contributed by atoms with Gasteiger partial charge in [-0.3, -0.25) is 4.79 Å². The standard InChI is InChI=1S/C22H19NO4/c1-13-6-9-15(10-7-13)23-19-5-3-4-17(21(19)25)20(24)18-12-14(2)8-11-16(18)22(26)27/h3-12,23,25H,1-2H3,(H,26,27). The Labute approximate surface area is 156 Å². The number of ketones is 1. The quantitative estimate of drug-likeness (QED) is 0.454. The molecular weight excluding hydrogens is 342 g/mol. The zero-order chi connectivity index (χ0) is 19.6. The first-order valence-electron chi connectivity index (χ1n) is 8.41. The number of aromatic hydroxyl groups is 1. The van der Waals surface area contributed by atoms with Crippen LogP contribution in [0.25, 0.3) is 0 Å². The largest absolute Gasteiger partial charge is 0.505 e. The van der Waals surface area contributed by atoms with Gasteiger partial charge in [-0.1, -0.05) is 35.4 Å². The number of benzene rings is 3. The van der Waals surface area contributed by atoms with Gasteiger partial charge in [0.05, 0.1) is 16.8 Å². The number of carbonyl (C=O) groups excluding carboxylic acids is 1. The van der Waals surface area contributed by atoms with E-state index in [4.69, 9.17) is 0 Å². The van der Waals surface area contributed by atoms with Crippen LogP contribution < -0.4 is 5.32 Å². The Balaban J connectivity index is 2.01. The minimum atomic E-state index is -1.19. The minimum absolute atomic E-state index is 0.0419. The number of carboxylic acid groups (broad SMARTS) is 1. The molecule has 0 aliphatic rings. The first-order valence-corrected chi connectivity index (χ1v) is 8.41. The molecule has 0 amide bonds. The zero-order valence-corrected chi connectivity index (χ0v) is 15.0. The third-order valence-electron chi connectivity index (χ3n) is 4.26. The monoisotopic (exact) mass is 361 g/mol. The van der Waals surface area contributed by atoms with Gasteiger partial charge in [-0.05, 0) is 50.2 Å². The van der Waals surface area contributed by atoms with E-state index in [1.165, 1.54) is 18.2 Å². The molecule has 5 heteroatoms. The van der Waals surface area contributed by atoms with Gasteiger partial charge in [-0.2, -0.15) is 0 Å². The number of anilines is 2. The van der Waals surface area contributed by atoms with Crippen LogP contribution in [-0.4, -0.2) is 22.0 Å². The molecule has 0 atom stereocenters. The smallest absolute Gasteiger partial charge is 0.336 e. The van der Waals surface area contributed by atoms with Gasteiger partial charge in [0.1, 0.15) is 5.75 Å². The number of aryl methyl sites for hydroxylation is 2. The molecule has 3 aromatic carbocycles. The normalized spacial score (nSPS) is 10.4. The molecule has 0 aliphatic heterocycles. The Bertz CT molecular complexity index is 1020. The van der Waals surface area contributed by atoms with Gasteiger partial charge in [-0.15, -0.1) is 0 Å². The van der Waals surface area contributed by atoms with E-state index in [0.717, 1.165) is 16.8 Å². The van der Waals surface area contributed by atoms with Crippen LogP contribution in [0.4, 0.5) is 11.4 Å². The maximum Gasteiger partial charge on any atom is 0.336 e. The number of phenols is 1. The van der Waals surface area contributed by atoms with Gasteiger partial charge in [-0.25, -0.2) is 4.79 Å². The Morgan fingerprint density at radius 3 is 2.15 bits per heavy atom. The van der Waals surface area contributed by atoms with Crippen molar-refractivity contribution in [1.29, 1.82) is 0 Å². The average Bonchev–Trinajstić information content (AvgIpc) is 2.64. The number of para-hydroxylation sites is 1. The van der Waals surface area contributed by atoms with Gasteiger partial charge >= 0.3 is 5.97 Å². The molecule has 0 heterocycles. The number of aromatic carboxylic acids is 1. The topological polar surface area (TPSA) is 86.6 Å². The fourth-order valence-corrected chi connectivity index (χ4v) is 2.80. The first kappa shape index (κ1) is 18.2. The fourth-order valence-electron chi connectivity index (χ4n) is 2.80. The summed E-state index contributed by atoms with van der Waals surface area (Å²) in [5, 5.41) is 23.0. The highest BCUT2D eigenvalue weighted by Crippen LogP contribution is 2.32. The molecular formula is C22H19NO4. The van der Waals surface area contributed by atoms with Crippen LogP contribution in [0.2, 0.25) is 0 Å². The van der Waals surface area contributed by atoms with Crippen molar-refractivity contribution in [3.63, 3.8) is 0 Å². The van der Waals surface area contributed by atoms with Crippen molar-refractivity contribution in [3.05, 3.63) is 88.5 Å². The predicted octanol–water partition coefficient (Wildman–Crippen LogP) is 4.68. The van der Waals surface area contributed by atoms with Crippen LogP contribution in [0.5, 0.6) is 5.75 Å². The number of hydrogen-bond donors (Lipinski definition) is 3. The lowest BCUT2D eigenvalue weighted by Gasteiger charge is -2.13. The maximum absolute atomic E-state index is 12.9. The molecule has 136 valence electrons. The third kappa shape index (κ3) is 3.82. The fraction of sp³-hybridized carbons (Fsp3) is 0.0909. The van der Waals surface area contributed by atoms with Crippen LogP contribution in [0.1, 0.15) is 37.4 Å². The predicted molar refractivity (Wildman–Crippen MR) is 104 cm³/mol. The summed E-state index contributed by atoms with van der Waals surface area (Å²) >= 11 is 0. The second-order valence-corrected chi connectivity index (χ2v) is 6.38. The van der Waals surface area contributed by atoms with Crippen LogP contribution in [0.15, 0.2) is 60.7 Å². The van der Waals surface area contributed by atoms with E-state index < -0.39 is 11.8 Å². The minimum Gasteiger partial charge on any atom is -0.505 e. The highest BCUT2D eigenvalue weighted by Gasteiger charge is 2.21. The van der Waals surface area contributed by atoms with E-state index in [-0.39, 0.29) is 22.4 Å². The summed E-state index contributed by atoms with van der Waals surface area (Å²) in [5.41, 5.74) is 3.00. The molecule has 5 nitrogen and oxygen atoms in total. The molecule has 0 unspecified atom stereocenters. The van der Waals surface area contributed by atoms with E-state index in [1.807, 2.05) is 31.2 Å². The zero-order valence-electron chi connectivity index (χ0n) is 15.0. The maximum atomic E-state index is 12.9. The van der Waals surface area contributed by atoms with Crippen molar-refractivity contribution >= 4 is 23.1 Å². The van der Waals surface area contributed by atoms with E-state index in [0.29, 0.717) is 5.69 Å². The van der Waals surface area contributed by atoms with Crippen LogP contribution in [0, 0.1) is 13.8 Å². The lowest BCUT2D eigenvalue weighted by atomic mass is 9.95. The summed E-state index contributed by atoms with van der Waals surface area (Å²) in [5.74, 6) is -1.95. The molecule has 3 aromatic rings. The molecule has 3 rings (SSSR count). The van der Waals surface area contributed by atoms with Crippen molar-refractivity contribution in [2.24, 2.45) is 0 Å². The van der Waals surface area contributed by atoms with E-state index >= 15 is 0 Å². The summed E-state index contributed by atoms with van der Waals surface area (Å²) in [6, 6.07) is 16.9. The van der Waals surface area contributed by atoms with Crippen molar-refractivity contribution in [2.75, 3.05) is 5.32 Å². The molecule has 0 fully saturated rings. The van der Waals surface area contributed by atoms with Crippen LogP contribution in [-0.2, 0) is 0 Å². The van der Waals surface area contributed by atoms with Crippen molar-refractivity contribution in [3.8, 4) is 5.75 Å². The molecule has 0 saturated heterocycles. The van der Waals surface area contributed by atoms with Crippen molar-refractivity contribution < 1.29 is 19.8 Å². The number of hydrogen-bond acceptors (Lipinski definition) is 4. The summed E-state index contributed by atoms with van der Waals surface area (Å²) in [4.78, 5) is 24.4. The molecule has 0 bridgehead atoms. The molecule has 3 N–H and O–H groups in total. The van der Waals surface area contributed by atoms with Gasteiger partial charge in [0, 0.05) is 11.3 Å². The van der Waals surface area contributed by atoms with Gasteiger partial charge in [0.25, 0.3) is 0 Å². The SMILES string of the molecule is Cc1ccc(Nc2cccc(C(=O)c3cc(C)ccc3C(=O)O)c2O)cc1. The summed E-state index contributed by atoms with van der Waals surface area (Å²) in [6.45, 7) is 3.75. The van der Waals surface area contributed by atoms with E-state index in [9.17, 15) is 19.8 Å². The number of carboxylic acids is 1. The van der Waals surface area contributed by atoms with Crippen molar-refractivity contribution in [2.45, 2.75) is 13.8 Å². The lowest BCUT2D eigenvalue weighted by molar-refractivity contribution is 0.0692. The molecule has 0 radical (unpaired) electrons. The second kappa shape index (κ2) is 7.33. The Morgan fingerprint density at radius 1 is 0.815 bits per heavy atom. The summed E-state index contributed by atoms with van der Waals surface area (Å²) in [7, 11) is 0. The van der Waals surface area contributed by atoms with Crippen LogP contribution >= 0.6 is 0 Å². The Hall–Kier alpha value is -3.60. The van der Waals surface area contributed by atoms with E-state index in [2.05, 4.69) is 5.32 Å². The number of carbonyl (C=O) groups is 2. The number of nitrogens with one attached hydrogen (secondary N) is 1. The van der Waals surface area contributed by atoms with Crippen LogP contribution in [0.3, 0.4) is 0 Å². The Kier molecular flexibility index (Phi) is 4.94. The highest BCUT2D eigenvalue weighted by atomic mass is 16.4. The Morgan fingerprint density at radius 2 is 1.48 bits per heavy atom. The van der Waals surface area contributed by atoms with Gasteiger partial charge in [0.2, 0.25) is 0 Å². The second-order valence-electron chi connectivity index (χ2n) is 6.38. The number of rotatable bonds is 5. The summed E-state index contributed by atoms with van der Waals surface area (Å²) in [6.07, 6.45) is 0. The summed E-state index contributed by atoms with van der Waals surface area (Å²) < 4.78 is 0. The molecule has 27 heavy (non-hydrogen) atoms. The number of phenolic OH excluding ortho intramolecular Hbond substituents is 1. The molecule has 0 aromatic heterocycles. The lowest BCUT2D eigenvalue weighted by Crippen LogP contribution is -2.10. The van der Waals surface area contributed by atoms with Crippen molar-refractivity contribution in [1.82, 2.24) is 0 Å². The van der Waals surface area contributed by atoms with E-state index in [1.54, 1.807) is 25.1 Å². The van der Waals surface area contributed by atoms with Gasteiger partial charge < -0.3 is 15.5 Å². The molecule has 0 spiro atoms.